The maximum atomic E-state index is 12.6. The molecule has 1 aromatic heterocycles. The number of hydrogen-bond acceptors (Lipinski definition) is 2. The average Bonchev–Trinajstić information content (AvgIpc) is 3.37. The van der Waals surface area contributed by atoms with Crippen LogP contribution in [0, 0.1) is 0 Å². The van der Waals surface area contributed by atoms with Gasteiger partial charge in [0, 0.05) is 35.5 Å². The summed E-state index contributed by atoms with van der Waals surface area (Å²) in [5.74, 6) is 0. The molecule has 1 N–H and O–H groups in total. The molecule has 178 valence electrons. The first-order valence-corrected chi connectivity index (χ1v) is 12.9. The molecule has 0 saturated carbocycles. The van der Waals surface area contributed by atoms with E-state index < -0.39 is 0 Å². The second-order valence-electron chi connectivity index (χ2n) is 8.01. The molecule has 0 unspecified atom stereocenters. The van der Waals surface area contributed by atoms with Gasteiger partial charge in [-0.15, -0.1) is 0 Å². The fraction of sp³-hybridized carbons (Fsp3) is 0.379. The topological polar surface area (TPSA) is 36.1 Å². The van der Waals surface area contributed by atoms with Crippen LogP contribution in [0.5, 0.6) is 0 Å². The third-order valence-electron chi connectivity index (χ3n) is 4.57. The Kier molecular flexibility index (Phi) is 13.1. The SMILES string of the molecule is C=C/C=C(\C=C/C)C1=PC(=O)C(c2cc3ccc(N(C)CCC)cc3[nH]2)=C1.CCC.CCC. The van der Waals surface area contributed by atoms with Crippen molar-refractivity contribution in [1.82, 2.24) is 4.98 Å². The van der Waals surface area contributed by atoms with Crippen LogP contribution in [0.25, 0.3) is 16.5 Å². The van der Waals surface area contributed by atoms with Crippen molar-refractivity contribution in [2.75, 3.05) is 18.5 Å². The maximum Gasteiger partial charge on any atom is 0.214 e. The fourth-order valence-electron chi connectivity index (χ4n) is 3.24. The Labute approximate surface area is 202 Å². The van der Waals surface area contributed by atoms with Gasteiger partial charge in [0.05, 0.1) is 11.3 Å². The molecule has 0 amide bonds. The van der Waals surface area contributed by atoms with Gasteiger partial charge in [-0.25, -0.2) is 0 Å². The second-order valence-corrected chi connectivity index (χ2v) is 9.12. The highest BCUT2D eigenvalue weighted by molar-refractivity contribution is 7.63. The van der Waals surface area contributed by atoms with Gasteiger partial charge in [0.1, 0.15) is 0 Å². The van der Waals surface area contributed by atoms with Gasteiger partial charge in [-0.2, -0.15) is 0 Å². The van der Waals surface area contributed by atoms with Crippen LogP contribution < -0.4 is 4.90 Å². The van der Waals surface area contributed by atoms with Crippen molar-refractivity contribution in [3.63, 3.8) is 0 Å². The largest absolute Gasteiger partial charge is 0.375 e. The van der Waals surface area contributed by atoms with Gasteiger partial charge >= 0.3 is 0 Å². The van der Waals surface area contributed by atoms with Crippen molar-refractivity contribution in [3.8, 4) is 0 Å². The summed E-state index contributed by atoms with van der Waals surface area (Å²) in [5.41, 5.74) is 5.01. The summed E-state index contributed by atoms with van der Waals surface area (Å²) >= 11 is 0. The molecule has 3 rings (SSSR count). The smallest absolute Gasteiger partial charge is 0.214 e. The first-order valence-electron chi connectivity index (χ1n) is 12.0. The number of nitrogens with one attached hydrogen (secondary N) is 1. The lowest BCUT2D eigenvalue weighted by molar-refractivity contribution is -0.106. The molecule has 2 heterocycles. The molecule has 4 heteroatoms. The molecule has 0 aliphatic carbocycles. The van der Waals surface area contributed by atoms with Gasteiger partial charge < -0.3 is 9.88 Å². The highest BCUT2D eigenvalue weighted by Crippen LogP contribution is 2.33. The summed E-state index contributed by atoms with van der Waals surface area (Å²) < 4.78 is 0. The third-order valence-corrected chi connectivity index (χ3v) is 5.64. The van der Waals surface area contributed by atoms with Crippen LogP contribution in [0.2, 0.25) is 0 Å². The predicted octanol–water partition coefficient (Wildman–Crippen LogP) is 8.58. The van der Waals surface area contributed by atoms with Gasteiger partial charge in [-0.1, -0.05) is 84.4 Å². The highest BCUT2D eigenvalue weighted by Gasteiger charge is 2.21. The molecular weight excluding hydrogens is 423 g/mol. The monoisotopic (exact) mass is 464 g/mol. The van der Waals surface area contributed by atoms with Gasteiger partial charge in [0.2, 0.25) is 5.52 Å². The van der Waals surface area contributed by atoms with Crippen molar-refractivity contribution in [2.45, 2.75) is 60.8 Å². The number of hydrogen-bond donors (Lipinski definition) is 1. The second kappa shape index (κ2) is 15.2. The Morgan fingerprint density at radius 2 is 1.79 bits per heavy atom. The summed E-state index contributed by atoms with van der Waals surface area (Å²) in [6.45, 7) is 17.4. The summed E-state index contributed by atoms with van der Waals surface area (Å²) in [5, 5.41) is 2.13. The molecule has 0 spiro atoms. The Morgan fingerprint density at radius 1 is 1.12 bits per heavy atom. The highest BCUT2D eigenvalue weighted by atomic mass is 31.1. The molecule has 0 bridgehead atoms. The van der Waals surface area contributed by atoms with E-state index in [1.165, 1.54) is 18.5 Å². The van der Waals surface area contributed by atoms with Crippen molar-refractivity contribution in [3.05, 3.63) is 72.5 Å². The van der Waals surface area contributed by atoms with E-state index in [4.69, 9.17) is 0 Å². The van der Waals surface area contributed by atoms with Crippen LogP contribution in [0.15, 0.2) is 66.8 Å². The molecule has 1 aliphatic rings. The molecular formula is C29H41N2OP. The van der Waals surface area contributed by atoms with Crippen LogP contribution in [-0.2, 0) is 4.79 Å². The minimum Gasteiger partial charge on any atom is -0.375 e. The number of benzene rings is 1. The van der Waals surface area contributed by atoms with Gasteiger partial charge in [-0.05, 0) is 51.4 Å². The summed E-state index contributed by atoms with van der Waals surface area (Å²) in [6.07, 6.45) is 13.3. The van der Waals surface area contributed by atoms with Crippen molar-refractivity contribution in [1.29, 1.82) is 0 Å². The lowest BCUT2D eigenvalue weighted by Gasteiger charge is -2.18. The molecule has 2 aromatic rings. The first-order chi connectivity index (χ1) is 15.9. The zero-order chi connectivity index (χ0) is 24.8. The number of allylic oxidation sites excluding steroid dienone is 7. The number of aromatic amines is 1. The van der Waals surface area contributed by atoms with Crippen LogP contribution in [0.3, 0.4) is 0 Å². The van der Waals surface area contributed by atoms with E-state index in [2.05, 4.69) is 82.4 Å². The Balaban J connectivity index is 0.000000819. The molecule has 33 heavy (non-hydrogen) atoms. The molecule has 0 saturated heterocycles. The van der Waals surface area contributed by atoms with Crippen molar-refractivity contribution in [2.24, 2.45) is 0 Å². The van der Waals surface area contributed by atoms with Gasteiger partial charge in [0.15, 0.2) is 0 Å². The molecule has 0 atom stereocenters. The number of aromatic nitrogens is 1. The molecule has 0 radical (unpaired) electrons. The Morgan fingerprint density at radius 3 is 2.36 bits per heavy atom. The zero-order valence-electron chi connectivity index (χ0n) is 21.5. The standard InChI is InChI=1S/C23H25N2OP.2C3H8/c1-5-8-16(9-6-2)22-15-19(23(26)27-22)21-13-17-10-11-18(14-20(17)24-21)25(4)12-7-3;2*1-3-2/h5-6,8-11,13-15,24H,1,7,12H2,2-4H3;2*3H2,1-2H3/b9-6-,16-8+;;. The van der Waals surface area contributed by atoms with Gasteiger partial charge in [0.25, 0.3) is 0 Å². The fourth-order valence-corrected chi connectivity index (χ4v) is 4.23. The number of carbonyl (C=O) groups is 1. The van der Waals surface area contributed by atoms with E-state index in [-0.39, 0.29) is 5.52 Å². The van der Waals surface area contributed by atoms with E-state index in [1.807, 2.05) is 31.2 Å². The Hall–Kier alpha value is -2.64. The quantitative estimate of drug-likeness (QED) is 0.329. The number of anilines is 1. The lowest BCUT2D eigenvalue weighted by atomic mass is 10.1. The molecule has 3 nitrogen and oxygen atoms in total. The lowest BCUT2D eigenvalue weighted by Crippen LogP contribution is -2.17. The van der Waals surface area contributed by atoms with E-state index in [1.54, 1.807) is 6.08 Å². The van der Waals surface area contributed by atoms with E-state index >= 15 is 0 Å². The zero-order valence-corrected chi connectivity index (χ0v) is 22.4. The van der Waals surface area contributed by atoms with E-state index in [0.29, 0.717) is 8.20 Å². The van der Waals surface area contributed by atoms with E-state index in [9.17, 15) is 4.79 Å². The van der Waals surface area contributed by atoms with Crippen LogP contribution in [0.4, 0.5) is 5.69 Å². The summed E-state index contributed by atoms with van der Waals surface area (Å²) in [6, 6.07) is 8.46. The van der Waals surface area contributed by atoms with Crippen LogP contribution in [0.1, 0.15) is 66.5 Å². The predicted molar refractivity (Wildman–Crippen MR) is 152 cm³/mol. The molecule has 1 aromatic carbocycles. The molecule has 0 fully saturated rings. The maximum absolute atomic E-state index is 12.6. The minimum absolute atomic E-state index is 0.124. The summed E-state index contributed by atoms with van der Waals surface area (Å²) in [4.78, 5) is 18.3. The average molecular weight is 465 g/mol. The number of carbonyl (C=O) groups excluding carboxylic acids is 1. The number of rotatable bonds is 7. The van der Waals surface area contributed by atoms with Crippen molar-refractivity contribution >= 4 is 41.2 Å². The number of fused-ring (bicyclic) bond motifs is 1. The minimum atomic E-state index is 0.124. The molecule has 1 aliphatic heterocycles. The van der Waals surface area contributed by atoms with Crippen LogP contribution >= 0.6 is 8.20 Å². The Bertz CT molecular complexity index is 1040. The summed E-state index contributed by atoms with van der Waals surface area (Å²) in [7, 11) is 2.81. The third kappa shape index (κ3) is 8.33. The van der Waals surface area contributed by atoms with Crippen molar-refractivity contribution < 1.29 is 4.79 Å². The van der Waals surface area contributed by atoms with Gasteiger partial charge in [-0.3, -0.25) is 4.79 Å². The normalized spacial score (nSPS) is 13.7. The van der Waals surface area contributed by atoms with E-state index in [0.717, 1.165) is 46.0 Å². The number of H-pyrrole nitrogens is 1. The van der Waals surface area contributed by atoms with Crippen LogP contribution in [-0.4, -0.2) is 29.4 Å². The number of nitrogens with zero attached hydrogens (tertiary/aromatic N) is 1. The first kappa shape index (κ1) is 28.4.